The van der Waals surface area contributed by atoms with Gasteiger partial charge in [-0.15, -0.1) is 0 Å². The molecule has 0 unspecified atom stereocenters. The van der Waals surface area contributed by atoms with E-state index in [1.54, 1.807) is 24.3 Å². The highest BCUT2D eigenvalue weighted by Gasteiger charge is 2.09. The van der Waals surface area contributed by atoms with Crippen molar-refractivity contribution in [3.63, 3.8) is 0 Å². The maximum Gasteiger partial charge on any atom is 0.343 e. The molecule has 3 aromatic rings. The number of ether oxygens (including phenoxy) is 2. The summed E-state index contributed by atoms with van der Waals surface area (Å²) in [6.45, 7) is 4.52. The quantitative estimate of drug-likeness (QED) is 0.481. The van der Waals surface area contributed by atoms with Crippen molar-refractivity contribution in [2.75, 3.05) is 0 Å². The number of carbonyl (C=O) groups is 1. The van der Waals surface area contributed by atoms with Crippen molar-refractivity contribution in [3.05, 3.63) is 95.1 Å². The van der Waals surface area contributed by atoms with E-state index in [1.807, 2.05) is 62.4 Å². The first kappa shape index (κ1) is 16.8. The summed E-state index contributed by atoms with van der Waals surface area (Å²) in [5.41, 5.74) is 3.74. The summed E-state index contributed by atoms with van der Waals surface area (Å²) < 4.78 is 11.3. The van der Waals surface area contributed by atoms with Gasteiger partial charge in [0.1, 0.15) is 18.1 Å². The Balaban J connectivity index is 1.63. The second-order valence-electron chi connectivity index (χ2n) is 5.91. The minimum Gasteiger partial charge on any atom is -0.488 e. The Hall–Kier alpha value is -3.07. The average Bonchev–Trinajstić information content (AvgIpc) is 2.62. The molecule has 3 aromatic carbocycles. The lowest BCUT2D eigenvalue weighted by atomic mass is 10.1. The molecular weight excluding hydrogens is 312 g/mol. The van der Waals surface area contributed by atoms with E-state index >= 15 is 0 Å². The number of rotatable bonds is 5. The molecule has 126 valence electrons. The first-order valence-corrected chi connectivity index (χ1v) is 8.18. The number of hydrogen-bond donors (Lipinski definition) is 0. The highest BCUT2D eigenvalue weighted by Crippen LogP contribution is 2.23. The molecule has 0 bridgehead atoms. The summed E-state index contributed by atoms with van der Waals surface area (Å²) in [5.74, 6) is 1.08. The molecule has 0 aliphatic heterocycles. The summed E-state index contributed by atoms with van der Waals surface area (Å²) in [7, 11) is 0. The van der Waals surface area contributed by atoms with Crippen LogP contribution in [0.3, 0.4) is 0 Å². The highest BCUT2D eigenvalue weighted by atomic mass is 16.5. The van der Waals surface area contributed by atoms with Crippen LogP contribution in [0.2, 0.25) is 0 Å². The minimum absolute atomic E-state index is 0.367. The summed E-state index contributed by atoms with van der Waals surface area (Å²) in [6, 6.07) is 22.4. The maximum atomic E-state index is 12.1. The van der Waals surface area contributed by atoms with Crippen LogP contribution >= 0.6 is 0 Å². The fraction of sp³-hybridized carbons (Fsp3) is 0.136. The normalized spacial score (nSPS) is 10.3. The minimum atomic E-state index is -0.367. The van der Waals surface area contributed by atoms with Gasteiger partial charge in [-0.05, 0) is 54.8 Å². The molecule has 0 fully saturated rings. The Morgan fingerprint density at radius 3 is 2.08 bits per heavy atom. The summed E-state index contributed by atoms with van der Waals surface area (Å²) in [6.07, 6.45) is 0. The number of carbonyl (C=O) groups excluding carboxylic acids is 1. The van der Waals surface area contributed by atoms with Gasteiger partial charge < -0.3 is 9.47 Å². The molecular formula is C22H20O3. The second-order valence-corrected chi connectivity index (χ2v) is 5.91. The lowest BCUT2D eigenvalue weighted by Crippen LogP contribution is -2.08. The van der Waals surface area contributed by atoms with Crippen molar-refractivity contribution in [1.29, 1.82) is 0 Å². The summed E-state index contributed by atoms with van der Waals surface area (Å²) in [5, 5.41) is 0. The number of hydrogen-bond acceptors (Lipinski definition) is 3. The van der Waals surface area contributed by atoms with E-state index in [1.165, 1.54) is 0 Å². The van der Waals surface area contributed by atoms with Crippen molar-refractivity contribution < 1.29 is 14.3 Å². The summed E-state index contributed by atoms with van der Waals surface area (Å²) in [4.78, 5) is 12.1. The van der Waals surface area contributed by atoms with Gasteiger partial charge >= 0.3 is 5.97 Å². The SMILES string of the molecule is Cc1cccc(C)c1OCc1ccc(C(=O)Oc2ccccc2)cc1. The van der Waals surface area contributed by atoms with Crippen LogP contribution in [0.1, 0.15) is 27.0 Å². The zero-order valence-electron chi connectivity index (χ0n) is 14.4. The molecule has 0 N–H and O–H groups in total. The van der Waals surface area contributed by atoms with Crippen LogP contribution in [0, 0.1) is 13.8 Å². The Bertz CT molecular complexity index is 832. The van der Waals surface area contributed by atoms with Gasteiger partial charge in [-0.1, -0.05) is 48.5 Å². The van der Waals surface area contributed by atoms with Crippen LogP contribution in [0.25, 0.3) is 0 Å². The molecule has 0 atom stereocenters. The van der Waals surface area contributed by atoms with Gasteiger partial charge in [0.05, 0.1) is 5.56 Å². The molecule has 0 heterocycles. The van der Waals surface area contributed by atoms with Crippen molar-refractivity contribution in [3.8, 4) is 11.5 Å². The van der Waals surface area contributed by atoms with Crippen LogP contribution in [0.4, 0.5) is 0 Å². The predicted octanol–water partition coefficient (Wildman–Crippen LogP) is 5.10. The topological polar surface area (TPSA) is 35.5 Å². The third-order valence-corrected chi connectivity index (χ3v) is 3.94. The average molecular weight is 332 g/mol. The van der Waals surface area contributed by atoms with Crippen LogP contribution in [0.15, 0.2) is 72.8 Å². The first-order chi connectivity index (χ1) is 12.1. The van der Waals surface area contributed by atoms with Crippen LogP contribution < -0.4 is 9.47 Å². The molecule has 3 nitrogen and oxygen atoms in total. The molecule has 0 aliphatic carbocycles. The molecule has 0 aromatic heterocycles. The molecule has 3 rings (SSSR count). The van der Waals surface area contributed by atoms with E-state index in [9.17, 15) is 4.79 Å². The lowest BCUT2D eigenvalue weighted by molar-refractivity contribution is 0.0734. The molecule has 0 aliphatic rings. The summed E-state index contributed by atoms with van der Waals surface area (Å²) >= 11 is 0. The molecule has 25 heavy (non-hydrogen) atoms. The Morgan fingerprint density at radius 2 is 1.44 bits per heavy atom. The van der Waals surface area contributed by atoms with Gasteiger partial charge in [-0.2, -0.15) is 0 Å². The predicted molar refractivity (Wildman–Crippen MR) is 98.1 cm³/mol. The Morgan fingerprint density at radius 1 is 0.800 bits per heavy atom. The molecule has 0 saturated heterocycles. The highest BCUT2D eigenvalue weighted by molar-refractivity contribution is 5.91. The largest absolute Gasteiger partial charge is 0.488 e. The van der Waals surface area contributed by atoms with E-state index < -0.39 is 0 Å². The van der Waals surface area contributed by atoms with E-state index in [0.717, 1.165) is 22.4 Å². The van der Waals surface area contributed by atoms with Crippen molar-refractivity contribution in [2.45, 2.75) is 20.5 Å². The Kier molecular flexibility index (Phi) is 5.14. The number of benzene rings is 3. The van der Waals surface area contributed by atoms with Crippen molar-refractivity contribution >= 4 is 5.97 Å². The number of esters is 1. The lowest BCUT2D eigenvalue weighted by Gasteiger charge is -2.12. The van der Waals surface area contributed by atoms with Gasteiger partial charge in [-0.3, -0.25) is 0 Å². The molecule has 0 amide bonds. The third kappa shape index (κ3) is 4.27. The zero-order chi connectivity index (χ0) is 17.6. The molecule has 0 spiro atoms. The maximum absolute atomic E-state index is 12.1. The zero-order valence-corrected chi connectivity index (χ0v) is 14.4. The van der Waals surface area contributed by atoms with Crippen molar-refractivity contribution in [1.82, 2.24) is 0 Å². The van der Waals surface area contributed by atoms with Crippen LogP contribution in [-0.2, 0) is 6.61 Å². The van der Waals surface area contributed by atoms with Gasteiger partial charge in [-0.25, -0.2) is 4.79 Å². The molecule has 0 radical (unpaired) electrons. The van der Waals surface area contributed by atoms with Gasteiger partial charge in [0, 0.05) is 0 Å². The second kappa shape index (κ2) is 7.67. The monoisotopic (exact) mass is 332 g/mol. The number of para-hydroxylation sites is 2. The van der Waals surface area contributed by atoms with Gasteiger partial charge in [0.25, 0.3) is 0 Å². The standard InChI is InChI=1S/C22H20O3/c1-16-7-6-8-17(2)21(16)24-15-18-11-13-19(14-12-18)22(23)25-20-9-4-3-5-10-20/h3-14H,15H2,1-2H3. The Labute approximate surface area is 147 Å². The van der Waals surface area contributed by atoms with E-state index in [0.29, 0.717) is 17.9 Å². The fourth-order valence-corrected chi connectivity index (χ4v) is 2.57. The van der Waals surface area contributed by atoms with Crippen LogP contribution in [-0.4, -0.2) is 5.97 Å². The van der Waals surface area contributed by atoms with Gasteiger partial charge in [0.2, 0.25) is 0 Å². The van der Waals surface area contributed by atoms with Crippen LogP contribution in [0.5, 0.6) is 11.5 Å². The molecule has 3 heteroatoms. The molecule has 0 saturated carbocycles. The number of aryl methyl sites for hydroxylation is 2. The van der Waals surface area contributed by atoms with E-state index in [-0.39, 0.29) is 5.97 Å². The third-order valence-electron chi connectivity index (χ3n) is 3.94. The fourth-order valence-electron chi connectivity index (χ4n) is 2.57. The van der Waals surface area contributed by atoms with Gasteiger partial charge in [0.15, 0.2) is 0 Å². The van der Waals surface area contributed by atoms with E-state index in [2.05, 4.69) is 0 Å². The smallest absolute Gasteiger partial charge is 0.343 e. The first-order valence-electron chi connectivity index (χ1n) is 8.18. The van der Waals surface area contributed by atoms with Crippen molar-refractivity contribution in [2.24, 2.45) is 0 Å². The van der Waals surface area contributed by atoms with E-state index in [4.69, 9.17) is 9.47 Å².